The minimum Gasteiger partial charge on any atom is -0.461 e. The van der Waals surface area contributed by atoms with E-state index in [4.69, 9.17) is 19.2 Å². The van der Waals surface area contributed by atoms with Crippen molar-refractivity contribution in [1.82, 2.24) is 15.3 Å². The van der Waals surface area contributed by atoms with Gasteiger partial charge in [0, 0.05) is 49.6 Å². The Morgan fingerprint density at radius 2 is 1.88 bits per heavy atom. The minimum atomic E-state index is -0.414. The van der Waals surface area contributed by atoms with Crippen LogP contribution < -0.4 is 16.0 Å². The molecule has 1 saturated carbocycles. The van der Waals surface area contributed by atoms with Crippen molar-refractivity contribution in [3.8, 4) is 17.3 Å². The molecule has 42 heavy (non-hydrogen) atoms. The van der Waals surface area contributed by atoms with Crippen molar-refractivity contribution in [2.24, 2.45) is 5.41 Å². The van der Waals surface area contributed by atoms with Gasteiger partial charge in [-0.1, -0.05) is 6.07 Å². The van der Waals surface area contributed by atoms with E-state index >= 15 is 0 Å². The molecule has 228 valence electrons. The predicted octanol–water partition coefficient (Wildman–Crippen LogP) is 4.85. The molecule has 4 rings (SSSR count). The van der Waals surface area contributed by atoms with E-state index in [0.717, 1.165) is 67.0 Å². The van der Waals surface area contributed by atoms with Crippen molar-refractivity contribution < 1.29 is 19.0 Å². The lowest BCUT2D eigenvalue weighted by Gasteiger charge is -2.32. The predicted molar refractivity (Wildman–Crippen MR) is 163 cm³/mol. The molecular formula is C32H46N6O4. The number of rotatable bonds is 13. The largest absolute Gasteiger partial charge is 0.461 e. The van der Waals surface area contributed by atoms with Crippen LogP contribution in [0.3, 0.4) is 0 Å². The Balaban J connectivity index is 1.26. The van der Waals surface area contributed by atoms with Crippen LogP contribution in [0.2, 0.25) is 0 Å². The third-order valence-electron chi connectivity index (χ3n) is 7.98. The Morgan fingerprint density at radius 1 is 1.14 bits per heavy atom. The van der Waals surface area contributed by atoms with Crippen LogP contribution in [-0.4, -0.2) is 73.1 Å². The lowest BCUT2D eigenvalue weighted by atomic mass is 9.82. The average Bonchev–Trinajstić information content (AvgIpc) is 2.98. The molecule has 1 aliphatic heterocycles. The highest BCUT2D eigenvalue weighted by atomic mass is 16.6. The fourth-order valence-corrected chi connectivity index (χ4v) is 5.59. The van der Waals surface area contributed by atoms with E-state index in [2.05, 4.69) is 46.9 Å². The minimum absolute atomic E-state index is 0.0134. The molecule has 2 fully saturated rings. The summed E-state index contributed by atoms with van der Waals surface area (Å²) in [5.41, 5.74) is 2.56. The summed E-state index contributed by atoms with van der Waals surface area (Å²) >= 11 is 0. The first-order valence-electron chi connectivity index (χ1n) is 15.2. The molecule has 3 N–H and O–H groups in total. The van der Waals surface area contributed by atoms with Gasteiger partial charge in [0.15, 0.2) is 0 Å². The van der Waals surface area contributed by atoms with Gasteiger partial charge in [-0.05, 0) is 90.0 Å². The van der Waals surface area contributed by atoms with Crippen molar-refractivity contribution in [2.75, 3.05) is 43.6 Å². The summed E-state index contributed by atoms with van der Waals surface area (Å²) in [5, 5.41) is 20.5. The van der Waals surface area contributed by atoms with Gasteiger partial charge in [-0.3, -0.25) is 0 Å². The van der Waals surface area contributed by atoms with Gasteiger partial charge >= 0.3 is 5.97 Å². The second-order valence-corrected chi connectivity index (χ2v) is 12.0. The van der Waals surface area contributed by atoms with E-state index in [1.165, 1.54) is 0 Å². The van der Waals surface area contributed by atoms with Crippen LogP contribution in [0.4, 0.5) is 11.6 Å². The highest BCUT2D eigenvalue weighted by molar-refractivity contribution is 5.70. The number of ether oxygens (including phenoxy) is 3. The standard InChI is InChI=1S/C32H46N6O4/c1-22(2)42-31(39)19-41-18-24(4)36-25-8-10-26(11-9-25)37-30-16-27(23(3)17-34-30)28-6-5-7-29(38-28)35-21-32(20-33)12-14-40-15-13-32/h5-7,16-17,22,24-26,36H,8-15,18-19,21H2,1-4H3,(H,34,37)(H,35,38)/t24-,25-,26-/m1/s1. The maximum Gasteiger partial charge on any atom is 0.332 e. The SMILES string of the molecule is Cc1cnc(N[C@H]2CC[C@H](N[C@H](C)COCC(=O)OC(C)C)CC2)cc1-c1cccc(NCC2(C#N)CCOCC2)n1. The van der Waals surface area contributed by atoms with Crippen LogP contribution in [0.25, 0.3) is 11.3 Å². The summed E-state index contributed by atoms with van der Waals surface area (Å²) < 4.78 is 16.1. The van der Waals surface area contributed by atoms with Crippen LogP contribution in [0.5, 0.6) is 0 Å². The Labute approximate surface area is 249 Å². The van der Waals surface area contributed by atoms with Gasteiger partial charge < -0.3 is 30.2 Å². The molecule has 0 bridgehead atoms. The molecular weight excluding hydrogens is 532 g/mol. The summed E-state index contributed by atoms with van der Waals surface area (Å²) in [5.74, 6) is 1.30. The van der Waals surface area contributed by atoms with Crippen LogP contribution in [0.15, 0.2) is 30.5 Å². The first kappa shape index (κ1) is 31.7. The summed E-state index contributed by atoms with van der Waals surface area (Å²) in [6.45, 7) is 10.1. The number of nitrogens with zero attached hydrogens (tertiary/aromatic N) is 3. The molecule has 2 aromatic heterocycles. The lowest BCUT2D eigenvalue weighted by molar-refractivity contribution is -0.152. The number of nitrogens with one attached hydrogen (secondary N) is 3. The molecule has 1 atom stereocenters. The van der Waals surface area contributed by atoms with E-state index in [0.29, 0.717) is 38.4 Å². The van der Waals surface area contributed by atoms with Gasteiger partial charge in [-0.15, -0.1) is 0 Å². The molecule has 0 amide bonds. The number of pyridine rings is 2. The van der Waals surface area contributed by atoms with Crippen molar-refractivity contribution in [3.05, 3.63) is 36.0 Å². The van der Waals surface area contributed by atoms with Gasteiger partial charge in [0.05, 0.1) is 29.9 Å². The van der Waals surface area contributed by atoms with Gasteiger partial charge in [0.2, 0.25) is 0 Å². The van der Waals surface area contributed by atoms with E-state index < -0.39 is 5.41 Å². The van der Waals surface area contributed by atoms with Crippen molar-refractivity contribution >= 4 is 17.6 Å². The lowest BCUT2D eigenvalue weighted by Crippen LogP contribution is -2.43. The van der Waals surface area contributed by atoms with E-state index in [-0.39, 0.29) is 24.7 Å². The molecule has 10 nitrogen and oxygen atoms in total. The molecule has 0 unspecified atom stereocenters. The zero-order valence-corrected chi connectivity index (χ0v) is 25.4. The number of anilines is 2. The fraction of sp³-hybridized carbons (Fsp3) is 0.625. The molecule has 2 aromatic rings. The summed E-state index contributed by atoms with van der Waals surface area (Å²) in [6.07, 6.45) is 7.44. The molecule has 1 saturated heterocycles. The van der Waals surface area contributed by atoms with E-state index in [9.17, 15) is 10.1 Å². The van der Waals surface area contributed by atoms with E-state index in [1.54, 1.807) is 0 Å². The maximum absolute atomic E-state index is 11.6. The quantitative estimate of drug-likeness (QED) is 0.284. The number of nitriles is 1. The third kappa shape index (κ3) is 9.38. The molecule has 2 aliphatic rings. The highest BCUT2D eigenvalue weighted by Crippen LogP contribution is 2.31. The Kier molecular flexibility index (Phi) is 11.5. The summed E-state index contributed by atoms with van der Waals surface area (Å²) in [6, 6.07) is 11.5. The van der Waals surface area contributed by atoms with Crippen LogP contribution in [-0.2, 0) is 19.0 Å². The van der Waals surface area contributed by atoms with E-state index in [1.807, 2.05) is 38.2 Å². The van der Waals surface area contributed by atoms with Gasteiger partial charge in [-0.25, -0.2) is 14.8 Å². The number of hydrogen-bond acceptors (Lipinski definition) is 10. The number of esters is 1. The Morgan fingerprint density at radius 3 is 2.60 bits per heavy atom. The smallest absolute Gasteiger partial charge is 0.332 e. The number of hydrogen-bond donors (Lipinski definition) is 3. The molecule has 0 aromatic carbocycles. The fourth-order valence-electron chi connectivity index (χ4n) is 5.59. The number of aromatic nitrogens is 2. The number of carbonyl (C=O) groups is 1. The zero-order chi connectivity index (χ0) is 30.0. The normalized spacial score (nSPS) is 20.9. The highest BCUT2D eigenvalue weighted by Gasteiger charge is 2.32. The second-order valence-electron chi connectivity index (χ2n) is 12.0. The van der Waals surface area contributed by atoms with Crippen LogP contribution >= 0.6 is 0 Å². The summed E-state index contributed by atoms with van der Waals surface area (Å²) in [7, 11) is 0. The van der Waals surface area contributed by atoms with Crippen molar-refractivity contribution in [1.29, 1.82) is 5.26 Å². The monoisotopic (exact) mass is 578 g/mol. The first-order chi connectivity index (χ1) is 20.2. The van der Waals surface area contributed by atoms with Crippen molar-refractivity contribution in [3.63, 3.8) is 0 Å². The zero-order valence-electron chi connectivity index (χ0n) is 25.4. The Bertz CT molecular complexity index is 1200. The summed E-state index contributed by atoms with van der Waals surface area (Å²) in [4.78, 5) is 21.2. The molecule has 0 spiro atoms. The second kappa shape index (κ2) is 15.3. The molecule has 0 radical (unpaired) electrons. The van der Waals surface area contributed by atoms with Gasteiger partial charge in [0.25, 0.3) is 0 Å². The first-order valence-corrected chi connectivity index (χ1v) is 15.2. The molecule has 3 heterocycles. The Hall–Kier alpha value is -3.26. The number of carbonyl (C=O) groups excluding carboxylic acids is 1. The van der Waals surface area contributed by atoms with Crippen LogP contribution in [0.1, 0.15) is 64.9 Å². The topological polar surface area (TPSA) is 130 Å². The average molecular weight is 579 g/mol. The van der Waals surface area contributed by atoms with Crippen molar-refractivity contribution in [2.45, 2.75) is 90.4 Å². The van der Waals surface area contributed by atoms with Crippen LogP contribution in [0, 0.1) is 23.7 Å². The maximum atomic E-state index is 11.6. The molecule has 1 aliphatic carbocycles. The van der Waals surface area contributed by atoms with Gasteiger partial charge in [-0.2, -0.15) is 5.26 Å². The van der Waals surface area contributed by atoms with Gasteiger partial charge in [0.1, 0.15) is 18.2 Å². The molecule has 10 heteroatoms. The third-order valence-corrected chi connectivity index (χ3v) is 7.98. The number of aryl methyl sites for hydroxylation is 1.